The lowest BCUT2D eigenvalue weighted by molar-refractivity contribution is -0.384. The van der Waals surface area contributed by atoms with Gasteiger partial charge < -0.3 is 0 Å². The van der Waals surface area contributed by atoms with E-state index in [1.165, 1.54) is 30.3 Å². The van der Waals surface area contributed by atoms with Crippen LogP contribution in [0.15, 0.2) is 29.7 Å². The Bertz CT molecular complexity index is 487. The Morgan fingerprint density at radius 2 is 1.80 bits per heavy atom. The molecular formula is C9H9NO4S. The van der Waals surface area contributed by atoms with Crippen molar-refractivity contribution in [2.45, 2.75) is 0 Å². The average molecular weight is 227 g/mol. The summed E-state index contributed by atoms with van der Waals surface area (Å²) in [6.07, 6.45) is 2.47. The molecule has 0 atom stereocenters. The van der Waals surface area contributed by atoms with Gasteiger partial charge in [-0.2, -0.15) is 0 Å². The highest BCUT2D eigenvalue weighted by Crippen LogP contribution is 2.13. The van der Waals surface area contributed by atoms with Crippen molar-refractivity contribution in [1.82, 2.24) is 0 Å². The fourth-order valence-electron chi connectivity index (χ4n) is 0.909. The third kappa shape index (κ3) is 3.90. The minimum atomic E-state index is -3.16. The predicted molar refractivity (Wildman–Crippen MR) is 57.0 cm³/mol. The molecule has 0 saturated carbocycles. The summed E-state index contributed by atoms with van der Waals surface area (Å²) in [6.45, 7) is 0. The molecule has 1 aromatic rings. The molecule has 0 saturated heterocycles. The lowest BCUT2D eigenvalue weighted by atomic mass is 10.2. The molecule has 1 rings (SSSR count). The molecule has 15 heavy (non-hydrogen) atoms. The van der Waals surface area contributed by atoms with Crippen LogP contribution in [0.1, 0.15) is 5.56 Å². The second kappa shape index (κ2) is 4.22. The second-order valence-corrected chi connectivity index (χ2v) is 4.91. The minimum absolute atomic E-state index is 0.0218. The van der Waals surface area contributed by atoms with Crippen molar-refractivity contribution in [1.29, 1.82) is 0 Å². The number of hydrogen-bond acceptors (Lipinski definition) is 4. The lowest BCUT2D eigenvalue weighted by Crippen LogP contribution is -1.88. The van der Waals surface area contributed by atoms with Gasteiger partial charge in [0.2, 0.25) is 0 Å². The van der Waals surface area contributed by atoms with Crippen LogP contribution in [0, 0.1) is 10.1 Å². The zero-order valence-corrected chi connectivity index (χ0v) is 8.77. The van der Waals surface area contributed by atoms with Gasteiger partial charge in [-0.25, -0.2) is 8.42 Å². The second-order valence-electron chi connectivity index (χ2n) is 2.98. The highest BCUT2D eigenvalue weighted by atomic mass is 32.2. The molecule has 0 N–H and O–H groups in total. The molecular weight excluding hydrogens is 218 g/mol. The quantitative estimate of drug-likeness (QED) is 0.580. The van der Waals surface area contributed by atoms with Crippen LogP contribution in [0.2, 0.25) is 0 Å². The molecule has 0 aliphatic rings. The molecule has 6 heteroatoms. The van der Waals surface area contributed by atoms with Crippen LogP contribution in [0.5, 0.6) is 0 Å². The zero-order valence-electron chi connectivity index (χ0n) is 7.95. The average Bonchev–Trinajstić information content (AvgIpc) is 2.14. The van der Waals surface area contributed by atoms with Gasteiger partial charge in [0.05, 0.1) is 4.92 Å². The maximum absolute atomic E-state index is 10.8. The Morgan fingerprint density at radius 1 is 1.27 bits per heavy atom. The number of nitrogens with zero attached hydrogens (tertiary/aromatic N) is 1. The van der Waals surface area contributed by atoms with Crippen LogP contribution >= 0.6 is 0 Å². The van der Waals surface area contributed by atoms with Gasteiger partial charge in [-0.05, 0) is 23.8 Å². The minimum Gasteiger partial charge on any atom is -0.258 e. The standard InChI is InChI=1S/C9H9NO4S/c1-15(13,14)7-6-8-2-4-9(5-3-8)10(11)12/h2-7H,1H3. The zero-order chi connectivity index (χ0) is 11.5. The molecule has 1 aromatic carbocycles. The molecule has 0 bridgehead atoms. The number of nitro groups is 1. The van der Waals surface area contributed by atoms with E-state index in [1.807, 2.05) is 0 Å². The molecule has 0 heterocycles. The van der Waals surface area contributed by atoms with E-state index in [2.05, 4.69) is 0 Å². The van der Waals surface area contributed by atoms with Gasteiger partial charge in [-0.3, -0.25) is 10.1 Å². The Labute approximate surface area is 87.1 Å². The van der Waals surface area contributed by atoms with Gasteiger partial charge in [0.15, 0.2) is 9.84 Å². The van der Waals surface area contributed by atoms with E-state index in [1.54, 1.807) is 0 Å². The van der Waals surface area contributed by atoms with Crippen molar-refractivity contribution in [3.63, 3.8) is 0 Å². The Morgan fingerprint density at radius 3 is 2.20 bits per heavy atom. The number of nitro benzene ring substituents is 1. The van der Waals surface area contributed by atoms with E-state index in [9.17, 15) is 18.5 Å². The SMILES string of the molecule is CS(=O)(=O)C=Cc1ccc([N+](=O)[O-])cc1. The predicted octanol–water partition coefficient (Wildman–Crippen LogP) is 1.61. The van der Waals surface area contributed by atoms with Gasteiger partial charge >= 0.3 is 0 Å². The molecule has 0 spiro atoms. The van der Waals surface area contributed by atoms with E-state index in [0.717, 1.165) is 11.7 Å². The number of hydrogen-bond donors (Lipinski definition) is 0. The molecule has 0 amide bonds. The van der Waals surface area contributed by atoms with Crippen molar-refractivity contribution in [2.24, 2.45) is 0 Å². The maximum Gasteiger partial charge on any atom is 0.269 e. The third-order valence-corrected chi connectivity index (χ3v) is 2.24. The molecule has 0 aliphatic heterocycles. The summed E-state index contributed by atoms with van der Waals surface area (Å²) in [7, 11) is -3.16. The fourth-order valence-corrected chi connectivity index (χ4v) is 1.31. The summed E-state index contributed by atoms with van der Waals surface area (Å²) in [6, 6.07) is 5.61. The Kier molecular flexibility index (Phi) is 3.21. The van der Waals surface area contributed by atoms with Gasteiger partial charge in [-0.15, -0.1) is 0 Å². The van der Waals surface area contributed by atoms with Crippen molar-refractivity contribution in [2.75, 3.05) is 6.26 Å². The highest BCUT2D eigenvalue weighted by Gasteiger charge is 2.02. The molecule has 0 radical (unpaired) electrons. The van der Waals surface area contributed by atoms with Gasteiger partial charge in [-0.1, -0.05) is 0 Å². The van der Waals surface area contributed by atoms with Crippen LogP contribution < -0.4 is 0 Å². The van der Waals surface area contributed by atoms with Gasteiger partial charge in [0, 0.05) is 23.8 Å². The topological polar surface area (TPSA) is 77.3 Å². The summed E-state index contributed by atoms with van der Waals surface area (Å²) < 4.78 is 21.6. The summed E-state index contributed by atoms with van der Waals surface area (Å²) in [5.74, 6) is 0. The van der Waals surface area contributed by atoms with Crippen LogP contribution in [-0.4, -0.2) is 19.6 Å². The molecule has 0 unspecified atom stereocenters. The van der Waals surface area contributed by atoms with Gasteiger partial charge in [0.1, 0.15) is 0 Å². The van der Waals surface area contributed by atoms with Crippen LogP contribution in [0.25, 0.3) is 6.08 Å². The lowest BCUT2D eigenvalue weighted by Gasteiger charge is -1.93. The Balaban J connectivity index is 2.91. The third-order valence-electron chi connectivity index (χ3n) is 1.61. The molecule has 0 aromatic heterocycles. The molecule has 80 valence electrons. The number of non-ortho nitro benzene ring substituents is 1. The number of benzene rings is 1. The largest absolute Gasteiger partial charge is 0.269 e. The van der Waals surface area contributed by atoms with E-state index < -0.39 is 14.8 Å². The summed E-state index contributed by atoms with van der Waals surface area (Å²) in [5.41, 5.74) is 0.581. The van der Waals surface area contributed by atoms with Crippen molar-refractivity contribution in [3.8, 4) is 0 Å². The first-order chi connectivity index (χ1) is 6.88. The van der Waals surface area contributed by atoms with Gasteiger partial charge in [0.25, 0.3) is 5.69 Å². The monoisotopic (exact) mass is 227 g/mol. The summed E-state index contributed by atoms with van der Waals surface area (Å²) in [5, 5.41) is 11.4. The van der Waals surface area contributed by atoms with E-state index >= 15 is 0 Å². The normalized spacial score (nSPS) is 11.8. The van der Waals surface area contributed by atoms with Crippen LogP contribution in [0.4, 0.5) is 5.69 Å². The summed E-state index contributed by atoms with van der Waals surface area (Å²) >= 11 is 0. The Hall–Kier alpha value is -1.69. The van der Waals surface area contributed by atoms with Crippen molar-refractivity contribution < 1.29 is 13.3 Å². The first kappa shape index (κ1) is 11.4. The van der Waals surface area contributed by atoms with Crippen molar-refractivity contribution in [3.05, 3.63) is 45.4 Å². The molecule has 0 fully saturated rings. The van der Waals surface area contributed by atoms with E-state index in [0.29, 0.717) is 5.56 Å². The van der Waals surface area contributed by atoms with E-state index in [-0.39, 0.29) is 5.69 Å². The fraction of sp³-hybridized carbons (Fsp3) is 0.111. The highest BCUT2D eigenvalue weighted by molar-refractivity contribution is 7.93. The maximum atomic E-state index is 10.8. The first-order valence-corrected chi connectivity index (χ1v) is 5.96. The first-order valence-electron chi connectivity index (χ1n) is 4.01. The van der Waals surface area contributed by atoms with Crippen LogP contribution in [-0.2, 0) is 9.84 Å². The number of rotatable bonds is 3. The van der Waals surface area contributed by atoms with Crippen LogP contribution in [0.3, 0.4) is 0 Å². The number of sulfone groups is 1. The van der Waals surface area contributed by atoms with E-state index in [4.69, 9.17) is 0 Å². The summed E-state index contributed by atoms with van der Waals surface area (Å²) in [4.78, 5) is 9.81. The van der Waals surface area contributed by atoms with Crippen molar-refractivity contribution >= 4 is 21.6 Å². The molecule has 0 aliphatic carbocycles. The smallest absolute Gasteiger partial charge is 0.258 e. The molecule has 5 nitrogen and oxygen atoms in total.